The van der Waals surface area contributed by atoms with Crippen molar-refractivity contribution in [2.75, 3.05) is 19.6 Å². The van der Waals surface area contributed by atoms with Gasteiger partial charge < -0.3 is 10.0 Å². The molecule has 0 spiro atoms. The lowest BCUT2D eigenvalue weighted by Gasteiger charge is -2.28. The van der Waals surface area contributed by atoms with E-state index in [0.717, 1.165) is 6.54 Å². The van der Waals surface area contributed by atoms with Gasteiger partial charge in [-0.1, -0.05) is 13.8 Å². The van der Waals surface area contributed by atoms with Crippen LogP contribution in [0, 0.1) is 22.7 Å². The average Bonchev–Trinajstić information content (AvgIpc) is 2.60. The molecule has 1 atom stereocenters. The highest BCUT2D eigenvalue weighted by Crippen LogP contribution is 2.38. The molecule has 1 unspecified atom stereocenters. The molecule has 1 heterocycles. The molecule has 1 rings (SSSR count). The number of nitrogens with zero attached hydrogens (tertiary/aromatic N) is 2. The Labute approximate surface area is 90.5 Å². The molecule has 0 radical (unpaired) electrons. The Morgan fingerprint density at radius 2 is 2.33 bits per heavy atom. The molecular formula is C11H18N2O2. The van der Waals surface area contributed by atoms with Gasteiger partial charge in [-0.3, -0.25) is 4.79 Å². The second-order valence-electron chi connectivity index (χ2n) is 4.55. The fraction of sp³-hybridized carbons (Fsp3) is 0.818. The Morgan fingerprint density at radius 3 is 2.73 bits per heavy atom. The second kappa shape index (κ2) is 4.63. The number of carboxylic acid groups (broad SMARTS) is 1. The van der Waals surface area contributed by atoms with Crippen molar-refractivity contribution in [2.24, 2.45) is 11.3 Å². The highest BCUT2D eigenvalue weighted by Gasteiger charge is 2.46. The number of nitriles is 1. The van der Waals surface area contributed by atoms with Crippen LogP contribution in [-0.4, -0.2) is 35.6 Å². The topological polar surface area (TPSA) is 64.3 Å². The van der Waals surface area contributed by atoms with Crippen LogP contribution in [0.1, 0.15) is 26.7 Å². The lowest BCUT2D eigenvalue weighted by molar-refractivity contribution is -0.151. The summed E-state index contributed by atoms with van der Waals surface area (Å²) in [5, 5.41) is 17.8. The minimum atomic E-state index is -0.697. The van der Waals surface area contributed by atoms with Gasteiger partial charge in [0.25, 0.3) is 0 Å². The molecule has 84 valence electrons. The van der Waals surface area contributed by atoms with Gasteiger partial charge in [0.1, 0.15) is 0 Å². The largest absolute Gasteiger partial charge is 0.481 e. The zero-order valence-corrected chi connectivity index (χ0v) is 9.36. The molecule has 1 aliphatic rings. The van der Waals surface area contributed by atoms with Crippen LogP contribution in [0.25, 0.3) is 0 Å². The molecular weight excluding hydrogens is 192 g/mol. The smallest absolute Gasteiger partial charge is 0.311 e. The maximum absolute atomic E-state index is 11.3. The molecule has 0 amide bonds. The van der Waals surface area contributed by atoms with Crippen LogP contribution in [0.2, 0.25) is 0 Å². The van der Waals surface area contributed by atoms with Gasteiger partial charge in [0.15, 0.2) is 0 Å². The highest BCUT2D eigenvalue weighted by molar-refractivity contribution is 5.75. The summed E-state index contributed by atoms with van der Waals surface area (Å²) in [5.41, 5.74) is -0.602. The summed E-state index contributed by atoms with van der Waals surface area (Å²) in [6.45, 7) is 6.00. The van der Waals surface area contributed by atoms with Crippen molar-refractivity contribution in [1.82, 2.24) is 4.90 Å². The quantitative estimate of drug-likeness (QED) is 0.760. The van der Waals surface area contributed by atoms with E-state index in [4.69, 9.17) is 5.26 Å². The van der Waals surface area contributed by atoms with Crippen LogP contribution in [-0.2, 0) is 4.79 Å². The lowest BCUT2D eigenvalue weighted by Crippen LogP contribution is -2.39. The van der Waals surface area contributed by atoms with Gasteiger partial charge in [-0.25, -0.2) is 0 Å². The maximum Gasteiger partial charge on any atom is 0.311 e. The molecule has 0 saturated carbocycles. The Morgan fingerprint density at radius 1 is 1.67 bits per heavy atom. The molecule has 0 aromatic heterocycles. The monoisotopic (exact) mass is 210 g/mol. The van der Waals surface area contributed by atoms with Gasteiger partial charge in [-0.15, -0.1) is 0 Å². The van der Waals surface area contributed by atoms with Crippen molar-refractivity contribution >= 4 is 5.97 Å². The van der Waals surface area contributed by atoms with E-state index < -0.39 is 11.4 Å². The first kappa shape index (κ1) is 12.0. The molecule has 1 fully saturated rings. The predicted octanol–water partition coefficient (Wildman–Crippen LogP) is 1.33. The van der Waals surface area contributed by atoms with Gasteiger partial charge in [-0.2, -0.15) is 5.26 Å². The van der Waals surface area contributed by atoms with Gasteiger partial charge in [0.05, 0.1) is 11.5 Å². The van der Waals surface area contributed by atoms with Crippen LogP contribution in [0.15, 0.2) is 0 Å². The number of carbonyl (C=O) groups is 1. The van der Waals surface area contributed by atoms with Crippen LogP contribution >= 0.6 is 0 Å². The maximum atomic E-state index is 11.3. The summed E-state index contributed by atoms with van der Waals surface area (Å²) in [6, 6.07) is 2.09. The highest BCUT2D eigenvalue weighted by atomic mass is 16.4. The molecule has 1 N–H and O–H groups in total. The van der Waals surface area contributed by atoms with Gasteiger partial charge in [0, 0.05) is 19.5 Å². The second-order valence-corrected chi connectivity index (χ2v) is 4.55. The van der Waals surface area contributed by atoms with E-state index in [-0.39, 0.29) is 5.92 Å². The van der Waals surface area contributed by atoms with Crippen molar-refractivity contribution in [3.05, 3.63) is 0 Å². The first-order valence-corrected chi connectivity index (χ1v) is 5.35. The minimum absolute atomic E-state index is 0.141. The summed E-state index contributed by atoms with van der Waals surface area (Å²) in [7, 11) is 0. The van der Waals surface area contributed by atoms with Crippen molar-refractivity contribution in [1.29, 1.82) is 5.26 Å². The van der Waals surface area contributed by atoms with Gasteiger partial charge >= 0.3 is 5.97 Å². The van der Waals surface area contributed by atoms with Crippen LogP contribution < -0.4 is 0 Å². The molecule has 0 aliphatic carbocycles. The van der Waals surface area contributed by atoms with Gasteiger partial charge in [0.2, 0.25) is 0 Å². The third kappa shape index (κ3) is 2.29. The van der Waals surface area contributed by atoms with Gasteiger partial charge in [-0.05, 0) is 18.9 Å². The van der Waals surface area contributed by atoms with Crippen LogP contribution in [0.3, 0.4) is 0 Å². The lowest BCUT2D eigenvalue weighted by atomic mass is 9.76. The molecule has 0 aromatic carbocycles. The summed E-state index contributed by atoms with van der Waals surface area (Å²) in [6.07, 6.45) is 1.18. The summed E-state index contributed by atoms with van der Waals surface area (Å²) in [5.74, 6) is -0.556. The SMILES string of the molecule is CC(C)C1(C(=O)O)CCN(CCC#N)C1. The normalized spacial score (nSPS) is 26.8. The van der Waals surface area contributed by atoms with E-state index in [1.54, 1.807) is 0 Å². The molecule has 1 aliphatic heterocycles. The third-order valence-corrected chi connectivity index (χ3v) is 3.45. The Hall–Kier alpha value is -1.08. The van der Waals surface area contributed by atoms with E-state index in [0.29, 0.717) is 25.9 Å². The number of likely N-dealkylation sites (tertiary alicyclic amines) is 1. The zero-order valence-electron chi connectivity index (χ0n) is 9.36. The number of hydrogen-bond acceptors (Lipinski definition) is 3. The fourth-order valence-corrected chi connectivity index (χ4v) is 2.21. The van der Waals surface area contributed by atoms with Crippen molar-refractivity contribution in [2.45, 2.75) is 26.7 Å². The zero-order chi connectivity index (χ0) is 11.5. The Bertz CT molecular complexity index is 283. The third-order valence-electron chi connectivity index (χ3n) is 3.45. The van der Waals surface area contributed by atoms with E-state index in [1.165, 1.54) is 0 Å². The molecule has 4 heteroatoms. The molecule has 0 aromatic rings. The predicted molar refractivity (Wildman–Crippen MR) is 56.2 cm³/mol. The summed E-state index contributed by atoms with van der Waals surface area (Å²) < 4.78 is 0. The molecule has 15 heavy (non-hydrogen) atoms. The number of hydrogen-bond donors (Lipinski definition) is 1. The standard InChI is InChI=1S/C11H18N2O2/c1-9(2)11(10(14)15)4-7-13(8-11)6-3-5-12/h9H,3-4,6-8H2,1-2H3,(H,14,15). The van der Waals surface area contributed by atoms with Crippen LogP contribution in [0.4, 0.5) is 0 Å². The Kier molecular flexibility index (Phi) is 3.70. The van der Waals surface area contributed by atoms with Crippen molar-refractivity contribution < 1.29 is 9.90 Å². The fourth-order valence-electron chi connectivity index (χ4n) is 2.21. The average molecular weight is 210 g/mol. The molecule has 0 bridgehead atoms. The van der Waals surface area contributed by atoms with Crippen LogP contribution in [0.5, 0.6) is 0 Å². The number of carboxylic acids is 1. The minimum Gasteiger partial charge on any atom is -0.481 e. The number of rotatable bonds is 4. The molecule has 1 saturated heterocycles. The van der Waals surface area contributed by atoms with E-state index in [9.17, 15) is 9.90 Å². The molecule has 4 nitrogen and oxygen atoms in total. The van der Waals surface area contributed by atoms with E-state index in [2.05, 4.69) is 11.0 Å². The van der Waals surface area contributed by atoms with Crippen molar-refractivity contribution in [3.63, 3.8) is 0 Å². The van der Waals surface area contributed by atoms with E-state index >= 15 is 0 Å². The summed E-state index contributed by atoms with van der Waals surface area (Å²) >= 11 is 0. The van der Waals surface area contributed by atoms with Crippen molar-refractivity contribution in [3.8, 4) is 6.07 Å². The first-order valence-electron chi connectivity index (χ1n) is 5.35. The first-order chi connectivity index (χ1) is 7.03. The number of aliphatic carboxylic acids is 1. The Balaban J connectivity index is 2.65. The van der Waals surface area contributed by atoms with E-state index in [1.807, 2.05) is 13.8 Å². The summed E-state index contributed by atoms with van der Waals surface area (Å²) in [4.78, 5) is 13.4.